The molecule has 162 valence electrons. The third kappa shape index (κ3) is 4.69. The van der Waals surface area contributed by atoms with Gasteiger partial charge >= 0.3 is 0 Å². The summed E-state index contributed by atoms with van der Waals surface area (Å²) in [7, 11) is 1.89. The quantitative estimate of drug-likeness (QED) is 0.567. The lowest BCUT2D eigenvalue weighted by Crippen LogP contribution is -2.42. The highest BCUT2D eigenvalue weighted by atomic mass is 35.5. The standard InChI is InChI=1S/C26H29ClN2O2/c1-28(18-19-10-6-5-7-11-19)24-23(20-14-16-21(27)17-15-20)25(30)29(26(24)31)22-12-8-3-2-4-9-13-22/h5-7,10-11,14-17,22H,2-4,8-9,12-13,18H2,1H3. The first-order chi connectivity index (χ1) is 15.1. The minimum absolute atomic E-state index is 0.0229. The van der Waals surface area contributed by atoms with Crippen molar-refractivity contribution in [1.29, 1.82) is 0 Å². The molecule has 2 aromatic rings. The first kappa shape index (κ1) is 21.6. The van der Waals surface area contributed by atoms with Crippen LogP contribution in [0.3, 0.4) is 0 Å². The Kier molecular flexibility index (Phi) is 6.77. The van der Waals surface area contributed by atoms with Gasteiger partial charge in [0.15, 0.2) is 0 Å². The molecule has 1 aliphatic heterocycles. The smallest absolute Gasteiger partial charge is 0.278 e. The van der Waals surface area contributed by atoms with Crippen LogP contribution in [0.25, 0.3) is 5.57 Å². The molecule has 0 saturated heterocycles. The number of hydrogen-bond donors (Lipinski definition) is 0. The second kappa shape index (κ2) is 9.69. The predicted molar refractivity (Wildman–Crippen MR) is 124 cm³/mol. The van der Waals surface area contributed by atoms with Gasteiger partial charge in [0.2, 0.25) is 0 Å². The normalized spacial score (nSPS) is 18.3. The van der Waals surface area contributed by atoms with Crippen LogP contribution in [0.5, 0.6) is 0 Å². The largest absolute Gasteiger partial charge is 0.365 e. The average Bonchev–Trinajstić information content (AvgIpc) is 3.00. The van der Waals surface area contributed by atoms with Crippen molar-refractivity contribution in [2.75, 3.05) is 7.05 Å². The first-order valence-corrected chi connectivity index (χ1v) is 11.6. The van der Waals surface area contributed by atoms with Crippen LogP contribution in [0.15, 0.2) is 60.3 Å². The van der Waals surface area contributed by atoms with Crippen molar-refractivity contribution >= 4 is 29.0 Å². The van der Waals surface area contributed by atoms with Gasteiger partial charge in [-0.1, -0.05) is 86.2 Å². The van der Waals surface area contributed by atoms with Gasteiger partial charge in [-0.15, -0.1) is 0 Å². The van der Waals surface area contributed by atoms with Gasteiger partial charge in [0.25, 0.3) is 11.8 Å². The minimum atomic E-state index is -0.173. The van der Waals surface area contributed by atoms with Crippen LogP contribution in [-0.2, 0) is 16.1 Å². The summed E-state index contributed by atoms with van der Waals surface area (Å²) in [6, 6.07) is 17.2. The fourth-order valence-electron chi connectivity index (χ4n) is 4.73. The molecule has 1 saturated carbocycles. The summed E-state index contributed by atoms with van der Waals surface area (Å²) < 4.78 is 0. The van der Waals surface area contributed by atoms with E-state index in [1.807, 2.05) is 54.4 Å². The highest BCUT2D eigenvalue weighted by Crippen LogP contribution is 2.36. The third-order valence-electron chi connectivity index (χ3n) is 6.31. The molecule has 5 heteroatoms. The molecule has 4 rings (SSSR count). The molecule has 4 nitrogen and oxygen atoms in total. The van der Waals surface area contributed by atoms with E-state index >= 15 is 0 Å². The van der Waals surface area contributed by atoms with Gasteiger partial charge in [-0.25, -0.2) is 0 Å². The lowest BCUT2D eigenvalue weighted by Gasteiger charge is -2.29. The highest BCUT2D eigenvalue weighted by molar-refractivity contribution is 6.36. The van der Waals surface area contributed by atoms with Crippen LogP contribution >= 0.6 is 11.6 Å². The fourth-order valence-corrected chi connectivity index (χ4v) is 4.85. The number of likely N-dealkylation sites (N-methyl/N-ethyl adjacent to an activating group) is 1. The fraction of sp³-hybridized carbons (Fsp3) is 0.385. The maximum atomic E-state index is 13.7. The van der Waals surface area contributed by atoms with E-state index in [9.17, 15) is 9.59 Å². The number of carbonyl (C=O) groups is 2. The van der Waals surface area contributed by atoms with E-state index in [1.54, 1.807) is 17.0 Å². The molecule has 1 heterocycles. The van der Waals surface area contributed by atoms with Gasteiger partial charge in [0.05, 0.1) is 5.57 Å². The summed E-state index contributed by atoms with van der Waals surface area (Å²) in [5.41, 5.74) is 2.81. The van der Waals surface area contributed by atoms with E-state index in [1.165, 1.54) is 19.3 Å². The van der Waals surface area contributed by atoms with E-state index in [0.717, 1.165) is 36.8 Å². The molecular weight excluding hydrogens is 408 g/mol. The van der Waals surface area contributed by atoms with Crippen LogP contribution in [0.4, 0.5) is 0 Å². The Morgan fingerprint density at radius 1 is 0.871 bits per heavy atom. The number of imide groups is 1. The third-order valence-corrected chi connectivity index (χ3v) is 6.56. The maximum absolute atomic E-state index is 13.7. The zero-order valence-corrected chi connectivity index (χ0v) is 18.8. The lowest BCUT2D eigenvalue weighted by atomic mass is 9.95. The predicted octanol–water partition coefficient (Wildman–Crippen LogP) is 5.66. The Hall–Kier alpha value is -2.59. The Morgan fingerprint density at radius 3 is 2.13 bits per heavy atom. The molecule has 2 amide bonds. The first-order valence-electron chi connectivity index (χ1n) is 11.2. The number of amides is 2. The molecule has 0 atom stereocenters. The van der Waals surface area contributed by atoms with Crippen molar-refractivity contribution in [3.05, 3.63) is 76.4 Å². The van der Waals surface area contributed by atoms with Crippen LogP contribution < -0.4 is 0 Å². The van der Waals surface area contributed by atoms with E-state index in [-0.39, 0.29) is 17.9 Å². The lowest BCUT2D eigenvalue weighted by molar-refractivity contribution is -0.140. The molecule has 0 radical (unpaired) electrons. The van der Waals surface area contributed by atoms with Crippen molar-refractivity contribution in [1.82, 2.24) is 9.80 Å². The van der Waals surface area contributed by atoms with E-state index in [4.69, 9.17) is 11.6 Å². The number of rotatable bonds is 5. The molecular formula is C26H29ClN2O2. The number of carbonyl (C=O) groups excluding carboxylic acids is 2. The number of hydrogen-bond acceptors (Lipinski definition) is 3. The minimum Gasteiger partial charge on any atom is -0.365 e. The monoisotopic (exact) mass is 436 g/mol. The van der Waals surface area contributed by atoms with Crippen LogP contribution in [-0.4, -0.2) is 34.7 Å². The van der Waals surface area contributed by atoms with Crippen molar-refractivity contribution in [2.45, 2.75) is 57.5 Å². The Labute approximate surface area is 189 Å². The van der Waals surface area contributed by atoms with Crippen molar-refractivity contribution in [3.63, 3.8) is 0 Å². The zero-order chi connectivity index (χ0) is 21.8. The molecule has 0 unspecified atom stereocenters. The van der Waals surface area contributed by atoms with Crippen molar-refractivity contribution in [3.8, 4) is 0 Å². The molecule has 1 fully saturated rings. The Morgan fingerprint density at radius 2 is 1.48 bits per heavy atom. The van der Waals surface area contributed by atoms with Gasteiger partial charge in [0, 0.05) is 24.7 Å². The molecule has 0 N–H and O–H groups in total. The average molecular weight is 437 g/mol. The summed E-state index contributed by atoms with van der Waals surface area (Å²) in [6.07, 6.45) is 7.49. The van der Waals surface area contributed by atoms with Crippen molar-refractivity contribution < 1.29 is 9.59 Å². The Balaban J connectivity index is 1.71. The van der Waals surface area contributed by atoms with Crippen molar-refractivity contribution in [2.24, 2.45) is 0 Å². The van der Waals surface area contributed by atoms with Crippen LogP contribution in [0, 0.1) is 0 Å². The molecule has 1 aliphatic carbocycles. The molecule has 0 spiro atoms. The number of halogens is 1. The van der Waals surface area contributed by atoms with Gasteiger partial charge in [0.1, 0.15) is 5.70 Å². The molecule has 0 aromatic heterocycles. The second-order valence-electron chi connectivity index (χ2n) is 8.55. The van der Waals surface area contributed by atoms with E-state index in [2.05, 4.69) is 0 Å². The number of nitrogens with zero attached hydrogens (tertiary/aromatic N) is 2. The van der Waals surface area contributed by atoms with Crippen LogP contribution in [0.1, 0.15) is 56.1 Å². The zero-order valence-electron chi connectivity index (χ0n) is 18.0. The summed E-state index contributed by atoms with van der Waals surface area (Å²) in [5.74, 6) is -0.341. The second-order valence-corrected chi connectivity index (χ2v) is 8.99. The topological polar surface area (TPSA) is 40.6 Å². The highest BCUT2D eigenvalue weighted by Gasteiger charge is 2.43. The molecule has 31 heavy (non-hydrogen) atoms. The van der Waals surface area contributed by atoms with E-state index in [0.29, 0.717) is 22.8 Å². The van der Waals surface area contributed by atoms with Gasteiger partial charge in [-0.3, -0.25) is 14.5 Å². The summed E-state index contributed by atoms with van der Waals surface area (Å²) in [4.78, 5) is 30.8. The van der Waals surface area contributed by atoms with Gasteiger partial charge in [-0.05, 0) is 36.1 Å². The molecule has 0 bridgehead atoms. The SMILES string of the molecule is CN(Cc1ccccc1)C1=C(c2ccc(Cl)cc2)C(=O)N(C2CCCCCCC2)C1=O. The van der Waals surface area contributed by atoms with Crippen LogP contribution in [0.2, 0.25) is 5.02 Å². The summed E-state index contributed by atoms with van der Waals surface area (Å²) in [6.45, 7) is 0.560. The van der Waals surface area contributed by atoms with E-state index < -0.39 is 0 Å². The summed E-state index contributed by atoms with van der Waals surface area (Å²) in [5, 5.41) is 0.609. The molecule has 2 aliphatic rings. The van der Waals surface area contributed by atoms with Gasteiger partial charge < -0.3 is 4.90 Å². The number of benzene rings is 2. The summed E-state index contributed by atoms with van der Waals surface area (Å²) >= 11 is 6.08. The molecule has 2 aromatic carbocycles. The van der Waals surface area contributed by atoms with Gasteiger partial charge in [-0.2, -0.15) is 0 Å². The maximum Gasteiger partial charge on any atom is 0.278 e. The Bertz CT molecular complexity index is 961.